The van der Waals surface area contributed by atoms with Crippen molar-refractivity contribution in [3.8, 4) is 5.75 Å². The minimum atomic E-state index is 0.593. The molecule has 0 amide bonds. The molecule has 1 saturated heterocycles. The van der Waals surface area contributed by atoms with Gasteiger partial charge >= 0.3 is 0 Å². The van der Waals surface area contributed by atoms with Crippen molar-refractivity contribution in [1.82, 2.24) is 4.90 Å². The highest BCUT2D eigenvalue weighted by Crippen LogP contribution is 2.22. The summed E-state index contributed by atoms with van der Waals surface area (Å²) >= 11 is 0. The van der Waals surface area contributed by atoms with Crippen molar-refractivity contribution in [2.75, 3.05) is 51.3 Å². The Hall–Kier alpha value is -2.53. The molecule has 1 aliphatic heterocycles. The lowest BCUT2D eigenvalue weighted by Gasteiger charge is -2.36. The first kappa shape index (κ1) is 19.2. The van der Waals surface area contributed by atoms with Gasteiger partial charge < -0.3 is 14.5 Å². The number of ether oxygens (including phenoxy) is 1. The van der Waals surface area contributed by atoms with E-state index in [-0.39, 0.29) is 0 Å². The summed E-state index contributed by atoms with van der Waals surface area (Å²) in [5.41, 5.74) is 3.39. The molecular formula is C22H29N3O2. The van der Waals surface area contributed by atoms with Gasteiger partial charge in [0.05, 0.1) is 12.8 Å². The summed E-state index contributed by atoms with van der Waals surface area (Å²) in [6.07, 6.45) is 0.892. The van der Waals surface area contributed by atoms with Gasteiger partial charge in [0.1, 0.15) is 12.4 Å². The lowest BCUT2D eigenvalue weighted by Crippen LogP contribution is -2.46. The average Bonchev–Trinajstić information content (AvgIpc) is 2.75. The highest BCUT2D eigenvalue weighted by Gasteiger charge is 2.18. The molecule has 2 aromatic carbocycles. The van der Waals surface area contributed by atoms with Crippen LogP contribution in [0.1, 0.15) is 18.9 Å². The van der Waals surface area contributed by atoms with Crippen LogP contribution in [0, 0.1) is 0 Å². The molecule has 1 aliphatic rings. The summed E-state index contributed by atoms with van der Waals surface area (Å²) in [6.45, 7) is 7.70. The maximum atomic E-state index is 5.34. The van der Waals surface area contributed by atoms with Crippen LogP contribution in [0.25, 0.3) is 0 Å². The number of rotatable bonds is 8. The first-order valence-electron chi connectivity index (χ1n) is 9.65. The Labute approximate surface area is 162 Å². The molecule has 27 heavy (non-hydrogen) atoms. The number of methoxy groups -OCH3 is 1. The van der Waals surface area contributed by atoms with Gasteiger partial charge in [-0.1, -0.05) is 41.6 Å². The molecular weight excluding hydrogens is 338 g/mol. The molecule has 0 N–H and O–H groups in total. The largest absolute Gasteiger partial charge is 0.497 e. The Kier molecular flexibility index (Phi) is 7.11. The van der Waals surface area contributed by atoms with Crippen molar-refractivity contribution >= 4 is 11.4 Å². The van der Waals surface area contributed by atoms with Crippen LogP contribution in [-0.2, 0) is 4.84 Å². The summed E-state index contributed by atoms with van der Waals surface area (Å²) in [5.74, 6) is 0.912. The van der Waals surface area contributed by atoms with Crippen molar-refractivity contribution < 1.29 is 9.57 Å². The smallest absolute Gasteiger partial charge is 0.120 e. The van der Waals surface area contributed by atoms with Crippen LogP contribution in [0.15, 0.2) is 59.8 Å². The topological polar surface area (TPSA) is 37.3 Å². The fraction of sp³-hybridized carbons (Fsp3) is 0.409. The van der Waals surface area contributed by atoms with Gasteiger partial charge in [-0.2, -0.15) is 0 Å². The van der Waals surface area contributed by atoms with Crippen LogP contribution < -0.4 is 9.64 Å². The van der Waals surface area contributed by atoms with E-state index in [1.807, 2.05) is 31.2 Å². The summed E-state index contributed by atoms with van der Waals surface area (Å²) in [7, 11) is 1.71. The predicted octanol–water partition coefficient (Wildman–Crippen LogP) is 3.65. The molecule has 0 unspecified atom stereocenters. The highest BCUT2D eigenvalue weighted by atomic mass is 16.6. The van der Waals surface area contributed by atoms with E-state index < -0.39 is 0 Å². The highest BCUT2D eigenvalue weighted by molar-refractivity contribution is 6.00. The summed E-state index contributed by atoms with van der Waals surface area (Å²) in [6, 6.07) is 18.6. The normalized spacial score (nSPS) is 15.6. The second-order valence-electron chi connectivity index (χ2n) is 6.60. The molecule has 3 rings (SSSR count). The monoisotopic (exact) mass is 367 g/mol. The van der Waals surface area contributed by atoms with E-state index in [4.69, 9.17) is 9.57 Å². The third-order valence-corrected chi connectivity index (χ3v) is 4.87. The fourth-order valence-electron chi connectivity index (χ4n) is 3.32. The zero-order valence-corrected chi connectivity index (χ0v) is 16.3. The van der Waals surface area contributed by atoms with E-state index in [1.165, 1.54) is 5.69 Å². The van der Waals surface area contributed by atoms with Gasteiger partial charge in [-0.05, 0) is 24.6 Å². The quantitative estimate of drug-likeness (QED) is 0.527. The molecule has 0 spiro atoms. The molecule has 0 aliphatic carbocycles. The zero-order valence-electron chi connectivity index (χ0n) is 16.3. The number of oxime groups is 1. The van der Waals surface area contributed by atoms with E-state index in [2.05, 4.69) is 45.3 Å². The summed E-state index contributed by atoms with van der Waals surface area (Å²) in [5, 5.41) is 4.34. The molecule has 144 valence electrons. The third kappa shape index (κ3) is 5.47. The minimum absolute atomic E-state index is 0.593. The van der Waals surface area contributed by atoms with Crippen molar-refractivity contribution in [1.29, 1.82) is 0 Å². The molecule has 0 aromatic heterocycles. The second-order valence-corrected chi connectivity index (χ2v) is 6.60. The van der Waals surface area contributed by atoms with Crippen molar-refractivity contribution in [2.45, 2.75) is 13.3 Å². The van der Waals surface area contributed by atoms with Gasteiger partial charge in [-0.15, -0.1) is 0 Å². The summed E-state index contributed by atoms with van der Waals surface area (Å²) in [4.78, 5) is 10.3. The van der Waals surface area contributed by atoms with E-state index in [9.17, 15) is 0 Å². The number of anilines is 1. The molecule has 0 bridgehead atoms. The molecule has 1 fully saturated rings. The molecule has 1 heterocycles. The SMILES string of the molecule is CCO/N=C(\CCN1CCN(c2cccc(OC)c2)CC1)c1ccccc1. The Bertz CT molecular complexity index is 725. The number of nitrogens with zero attached hydrogens (tertiary/aromatic N) is 3. The Morgan fingerprint density at radius 3 is 2.48 bits per heavy atom. The number of piperazine rings is 1. The number of benzene rings is 2. The molecule has 2 aromatic rings. The first-order chi connectivity index (χ1) is 13.3. The maximum absolute atomic E-state index is 5.34. The van der Waals surface area contributed by atoms with Crippen molar-refractivity contribution in [3.05, 3.63) is 60.2 Å². The van der Waals surface area contributed by atoms with Crippen LogP contribution in [0.3, 0.4) is 0 Å². The Morgan fingerprint density at radius 1 is 1.00 bits per heavy atom. The standard InChI is InChI=1S/C22H29N3O2/c1-3-27-23-22(19-8-5-4-6-9-19)12-13-24-14-16-25(17-15-24)20-10-7-11-21(18-20)26-2/h4-11,18H,3,12-17H2,1-2H3/b23-22+. The Balaban J connectivity index is 1.53. The number of hydrogen-bond acceptors (Lipinski definition) is 5. The van der Waals surface area contributed by atoms with E-state index in [0.717, 1.165) is 56.2 Å². The van der Waals surface area contributed by atoms with Crippen LogP contribution in [-0.4, -0.2) is 57.1 Å². The lowest BCUT2D eigenvalue weighted by atomic mass is 10.1. The molecule has 0 atom stereocenters. The van der Waals surface area contributed by atoms with E-state index >= 15 is 0 Å². The molecule has 5 heteroatoms. The van der Waals surface area contributed by atoms with Crippen molar-refractivity contribution in [2.24, 2.45) is 5.16 Å². The van der Waals surface area contributed by atoms with Gasteiger partial charge in [-0.3, -0.25) is 4.90 Å². The lowest BCUT2D eigenvalue weighted by molar-refractivity contribution is 0.157. The van der Waals surface area contributed by atoms with Crippen LogP contribution in [0.4, 0.5) is 5.69 Å². The number of hydrogen-bond donors (Lipinski definition) is 0. The van der Waals surface area contributed by atoms with Gasteiger partial charge in [0.15, 0.2) is 0 Å². The zero-order chi connectivity index (χ0) is 18.9. The summed E-state index contributed by atoms with van der Waals surface area (Å²) < 4.78 is 5.34. The van der Waals surface area contributed by atoms with Gasteiger partial charge in [0, 0.05) is 50.9 Å². The molecule has 0 radical (unpaired) electrons. The fourth-order valence-corrected chi connectivity index (χ4v) is 3.32. The van der Waals surface area contributed by atoms with E-state index in [1.54, 1.807) is 7.11 Å². The van der Waals surface area contributed by atoms with Gasteiger partial charge in [-0.25, -0.2) is 0 Å². The minimum Gasteiger partial charge on any atom is -0.497 e. The van der Waals surface area contributed by atoms with Gasteiger partial charge in [0.25, 0.3) is 0 Å². The van der Waals surface area contributed by atoms with Crippen LogP contribution >= 0.6 is 0 Å². The Morgan fingerprint density at radius 2 is 1.78 bits per heavy atom. The second kappa shape index (κ2) is 9.97. The van der Waals surface area contributed by atoms with Gasteiger partial charge in [0.2, 0.25) is 0 Å². The molecule has 0 saturated carbocycles. The molecule has 5 nitrogen and oxygen atoms in total. The van der Waals surface area contributed by atoms with Crippen LogP contribution in [0.5, 0.6) is 5.75 Å². The van der Waals surface area contributed by atoms with Crippen molar-refractivity contribution in [3.63, 3.8) is 0 Å². The first-order valence-corrected chi connectivity index (χ1v) is 9.65. The maximum Gasteiger partial charge on any atom is 0.120 e. The van der Waals surface area contributed by atoms with Crippen LogP contribution in [0.2, 0.25) is 0 Å². The van der Waals surface area contributed by atoms with E-state index in [0.29, 0.717) is 6.61 Å². The third-order valence-electron chi connectivity index (χ3n) is 4.87. The predicted molar refractivity (Wildman–Crippen MR) is 111 cm³/mol. The average molecular weight is 367 g/mol.